The zero-order valence-electron chi connectivity index (χ0n) is 18.4. The van der Waals surface area contributed by atoms with E-state index in [-0.39, 0.29) is 31.3 Å². The minimum Gasteiger partial charge on any atom is -0.444 e. The van der Waals surface area contributed by atoms with Crippen LogP contribution in [0.15, 0.2) is 11.1 Å². The van der Waals surface area contributed by atoms with Gasteiger partial charge in [0, 0.05) is 32.7 Å². The molecule has 0 spiro atoms. The summed E-state index contributed by atoms with van der Waals surface area (Å²) in [5.41, 5.74) is 0.272. The number of hydrogen-bond acceptors (Lipinski definition) is 7. The zero-order chi connectivity index (χ0) is 22.6. The Kier molecular flexibility index (Phi) is 6.50. The van der Waals surface area contributed by atoms with Gasteiger partial charge in [0.05, 0.1) is 19.0 Å². The molecule has 0 aromatic carbocycles. The molecule has 1 fully saturated rings. The van der Waals surface area contributed by atoms with Crippen molar-refractivity contribution in [3.05, 3.63) is 16.8 Å². The SMILES string of the molecule is CC#CCn1c(=O)n(CCC#N)c2ncnc(N3CCN(C(=O)OC(C)(C)C)CC3)c21. The van der Waals surface area contributed by atoms with Gasteiger partial charge in [-0.15, -0.1) is 5.92 Å². The molecule has 3 heterocycles. The Labute approximate surface area is 181 Å². The lowest BCUT2D eigenvalue weighted by Crippen LogP contribution is -2.50. The summed E-state index contributed by atoms with van der Waals surface area (Å²) in [6.07, 6.45) is 1.29. The van der Waals surface area contributed by atoms with Crippen LogP contribution in [0.3, 0.4) is 0 Å². The molecule has 10 heteroatoms. The summed E-state index contributed by atoms with van der Waals surface area (Å²) in [6.45, 7) is 9.75. The number of nitrogens with zero attached hydrogens (tertiary/aromatic N) is 7. The lowest BCUT2D eigenvalue weighted by molar-refractivity contribution is 0.0240. The number of piperazine rings is 1. The van der Waals surface area contributed by atoms with Crippen molar-refractivity contribution in [1.29, 1.82) is 5.26 Å². The van der Waals surface area contributed by atoms with E-state index in [2.05, 4.69) is 27.9 Å². The lowest BCUT2D eigenvalue weighted by Gasteiger charge is -2.36. The summed E-state index contributed by atoms with van der Waals surface area (Å²) in [4.78, 5) is 37.9. The van der Waals surface area contributed by atoms with Gasteiger partial charge in [-0.05, 0) is 27.7 Å². The van der Waals surface area contributed by atoms with Gasteiger partial charge >= 0.3 is 11.8 Å². The van der Waals surface area contributed by atoms with Crippen molar-refractivity contribution in [2.75, 3.05) is 31.1 Å². The molecule has 0 aliphatic carbocycles. The monoisotopic (exact) mass is 425 g/mol. The fraction of sp³-hybridized carbons (Fsp3) is 0.571. The molecule has 1 aliphatic rings. The largest absolute Gasteiger partial charge is 0.444 e. The van der Waals surface area contributed by atoms with Crippen molar-refractivity contribution in [2.45, 2.75) is 52.8 Å². The van der Waals surface area contributed by atoms with Crippen LogP contribution in [0, 0.1) is 23.2 Å². The number of amides is 1. The number of anilines is 1. The summed E-state index contributed by atoms with van der Waals surface area (Å²) < 4.78 is 8.51. The summed E-state index contributed by atoms with van der Waals surface area (Å²) >= 11 is 0. The number of aromatic nitrogens is 4. The van der Waals surface area contributed by atoms with E-state index in [1.807, 2.05) is 25.7 Å². The van der Waals surface area contributed by atoms with Crippen LogP contribution < -0.4 is 10.6 Å². The molecule has 0 radical (unpaired) electrons. The first-order valence-electron chi connectivity index (χ1n) is 10.2. The Hall–Kier alpha value is -3.53. The molecule has 0 N–H and O–H groups in total. The summed E-state index contributed by atoms with van der Waals surface area (Å²) in [5.74, 6) is 6.37. The normalized spacial score (nSPS) is 14.2. The number of aryl methyl sites for hydroxylation is 1. The Bertz CT molecular complexity index is 1120. The Balaban J connectivity index is 1.92. The zero-order valence-corrected chi connectivity index (χ0v) is 18.4. The number of hydrogen-bond donors (Lipinski definition) is 0. The van der Waals surface area contributed by atoms with Crippen molar-refractivity contribution in [3.8, 4) is 17.9 Å². The quantitative estimate of drug-likeness (QED) is 0.684. The third-order valence-electron chi connectivity index (χ3n) is 4.86. The van der Waals surface area contributed by atoms with E-state index in [0.29, 0.717) is 43.2 Å². The molecule has 10 nitrogen and oxygen atoms in total. The van der Waals surface area contributed by atoms with E-state index < -0.39 is 5.60 Å². The molecule has 0 unspecified atom stereocenters. The number of carbonyl (C=O) groups is 1. The topological polar surface area (TPSA) is 109 Å². The van der Waals surface area contributed by atoms with Gasteiger partial charge in [0.15, 0.2) is 11.5 Å². The number of fused-ring (bicyclic) bond motifs is 1. The van der Waals surface area contributed by atoms with Crippen LogP contribution in [-0.2, 0) is 17.8 Å². The van der Waals surface area contributed by atoms with E-state index in [9.17, 15) is 9.59 Å². The van der Waals surface area contributed by atoms with Crippen molar-refractivity contribution in [2.24, 2.45) is 0 Å². The van der Waals surface area contributed by atoms with E-state index in [1.165, 1.54) is 10.9 Å². The predicted octanol–water partition coefficient (Wildman–Crippen LogP) is 1.59. The first-order chi connectivity index (χ1) is 14.8. The third kappa shape index (κ3) is 4.80. The molecule has 3 rings (SSSR count). The predicted molar refractivity (Wildman–Crippen MR) is 115 cm³/mol. The van der Waals surface area contributed by atoms with Gasteiger partial charge in [-0.1, -0.05) is 5.92 Å². The minimum absolute atomic E-state index is 0.201. The fourth-order valence-corrected chi connectivity index (χ4v) is 3.46. The Morgan fingerprint density at radius 1 is 1.19 bits per heavy atom. The van der Waals surface area contributed by atoms with E-state index in [4.69, 9.17) is 10.00 Å². The van der Waals surface area contributed by atoms with Gasteiger partial charge in [-0.3, -0.25) is 9.13 Å². The first-order valence-corrected chi connectivity index (χ1v) is 10.2. The Morgan fingerprint density at radius 3 is 2.52 bits per heavy atom. The van der Waals surface area contributed by atoms with Crippen LogP contribution in [-0.4, -0.2) is 61.9 Å². The molecule has 0 saturated carbocycles. The molecular formula is C21H27N7O3. The van der Waals surface area contributed by atoms with Crippen LogP contribution in [0.25, 0.3) is 11.2 Å². The van der Waals surface area contributed by atoms with Gasteiger partial charge < -0.3 is 14.5 Å². The standard InChI is InChI=1S/C21H27N7O3/c1-5-6-9-27-16-17(23-15-24-18(16)28(19(27)29)10-7-8-22)25-11-13-26(14-12-25)20(30)31-21(2,3)4/h15H,7,9-14H2,1-4H3. The Morgan fingerprint density at radius 2 is 1.90 bits per heavy atom. The number of ether oxygens (including phenoxy) is 1. The molecule has 0 atom stereocenters. The average Bonchev–Trinajstić information content (AvgIpc) is 3.00. The number of rotatable bonds is 4. The lowest BCUT2D eigenvalue weighted by atomic mass is 10.2. The van der Waals surface area contributed by atoms with Crippen LogP contribution in [0.4, 0.5) is 10.6 Å². The molecule has 164 valence electrons. The second kappa shape index (κ2) is 9.09. The van der Waals surface area contributed by atoms with E-state index in [1.54, 1.807) is 16.4 Å². The highest BCUT2D eigenvalue weighted by Gasteiger charge is 2.28. The van der Waals surface area contributed by atoms with Gasteiger partial charge in [0.2, 0.25) is 0 Å². The third-order valence-corrected chi connectivity index (χ3v) is 4.86. The average molecular weight is 425 g/mol. The second-order valence-electron chi connectivity index (χ2n) is 8.18. The summed E-state index contributed by atoms with van der Waals surface area (Å²) in [7, 11) is 0. The maximum absolute atomic E-state index is 13.0. The number of nitriles is 1. The van der Waals surface area contributed by atoms with Crippen molar-refractivity contribution in [1.82, 2.24) is 24.0 Å². The van der Waals surface area contributed by atoms with Gasteiger partial charge in [-0.25, -0.2) is 19.6 Å². The second-order valence-corrected chi connectivity index (χ2v) is 8.18. The first kappa shape index (κ1) is 22.2. The van der Waals surface area contributed by atoms with Crippen molar-refractivity contribution in [3.63, 3.8) is 0 Å². The van der Waals surface area contributed by atoms with Gasteiger partial charge in [-0.2, -0.15) is 5.26 Å². The van der Waals surface area contributed by atoms with Gasteiger partial charge in [0.25, 0.3) is 0 Å². The van der Waals surface area contributed by atoms with Crippen LogP contribution in [0.5, 0.6) is 0 Å². The number of carbonyl (C=O) groups excluding carboxylic acids is 1. The summed E-state index contributed by atoms with van der Waals surface area (Å²) in [6, 6.07) is 2.07. The highest BCUT2D eigenvalue weighted by Crippen LogP contribution is 2.24. The van der Waals surface area contributed by atoms with Gasteiger partial charge in [0.1, 0.15) is 17.4 Å². The van der Waals surface area contributed by atoms with Crippen LogP contribution >= 0.6 is 0 Å². The van der Waals surface area contributed by atoms with Crippen molar-refractivity contribution < 1.29 is 9.53 Å². The molecule has 2 aromatic heterocycles. The van der Waals surface area contributed by atoms with Crippen LogP contribution in [0.1, 0.15) is 34.1 Å². The molecule has 1 saturated heterocycles. The molecule has 31 heavy (non-hydrogen) atoms. The summed E-state index contributed by atoms with van der Waals surface area (Å²) in [5, 5.41) is 8.96. The van der Waals surface area contributed by atoms with Crippen molar-refractivity contribution >= 4 is 23.1 Å². The molecule has 1 amide bonds. The van der Waals surface area contributed by atoms with Crippen LogP contribution in [0.2, 0.25) is 0 Å². The fourth-order valence-electron chi connectivity index (χ4n) is 3.46. The molecule has 0 bridgehead atoms. The molecular weight excluding hydrogens is 398 g/mol. The van der Waals surface area contributed by atoms with E-state index >= 15 is 0 Å². The molecule has 1 aliphatic heterocycles. The highest BCUT2D eigenvalue weighted by atomic mass is 16.6. The highest BCUT2D eigenvalue weighted by molar-refractivity contribution is 5.84. The number of imidazole rings is 1. The van der Waals surface area contributed by atoms with E-state index in [0.717, 1.165) is 0 Å². The maximum Gasteiger partial charge on any atom is 0.410 e. The molecule has 2 aromatic rings. The maximum atomic E-state index is 13.0. The minimum atomic E-state index is -0.546. The smallest absolute Gasteiger partial charge is 0.410 e.